The van der Waals surface area contributed by atoms with Gasteiger partial charge in [0.1, 0.15) is 0 Å². The van der Waals surface area contributed by atoms with E-state index in [4.69, 9.17) is 11.6 Å². The molecule has 1 aliphatic rings. The van der Waals surface area contributed by atoms with Crippen molar-refractivity contribution in [3.63, 3.8) is 0 Å². The Morgan fingerprint density at radius 3 is 2.62 bits per heavy atom. The van der Waals surface area contributed by atoms with Crippen LogP contribution in [-0.2, 0) is 0 Å². The van der Waals surface area contributed by atoms with Crippen molar-refractivity contribution in [3.05, 3.63) is 34.9 Å². The largest absolute Gasteiger partial charge is 0.310 e. The van der Waals surface area contributed by atoms with Gasteiger partial charge in [0.15, 0.2) is 0 Å². The van der Waals surface area contributed by atoms with E-state index in [1.165, 1.54) is 38.0 Å². The predicted octanol–water partition coefficient (Wildman–Crippen LogP) is 4.50. The Morgan fingerprint density at radius 2 is 2.00 bits per heavy atom. The highest BCUT2D eigenvalue weighted by Gasteiger charge is 2.26. The van der Waals surface area contributed by atoms with Crippen LogP contribution in [0.2, 0.25) is 5.02 Å². The number of nitrogens with zero attached hydrogens (tertiary/aromatic N) is 1. The van der Waals surface area contributed by atoms with Gasteiger partial charge in [-0.05, 0) is 62.0 Å². The zero-order chi connectivity index (χ0) is 15.3. The minimum atomic E-state index is 0.428. The molecule has 1 N–H and O–H groups in total. The van der Waals surface area contributed by atoms with Crippen LogP contribution in [-0.4, -0.2) is 31.1 Å². The van der Waals surface area contributed by atoms with Gasteiger partial charge in [0.2, 0.25) is 0 Å². The summed E-state index contributed by atoms with van der Waals surface area (Å²) in [5, 5.41) is 4.42. The Hall–Kier alpha value is -0.570. The topological polar surface area (TPSA) is 15.3 Å². The van der Waals surface area contributed by atoms with Crippen LogP contribution in [0.15, 0.2) is 24.3 Å². The van der Waals surface area contributed by atoms with Crippen molar-refractivity contribution in [2.24, 2.45) is 5.41 Å². The molecule has 0 amide bonds. The number of benzene rings is 1. The summed E-state index contributed by atoms with van der Waals surface area (Å²) in [4.78, 5) is 2.63. The minimum Gasteiger partial charge on any atom is -0.310 e. The van der Waals surface area contributed by atoms with Crippen molar-refractivity contribution >= 4 is 11.6 Å². The Morgan fingerprint density at radius 1 is 1.29 bits per heavy atom. The van der Waals surface area contributed by atoms with Crippen molar-refractivity contribution in [2.45, 2.75) is 46.1 Å². The molecule has 1 heterocycles. The van der Waals surface area contributed by atoms with E-state index < -0.39 is 0 Å². The summed E-state index contributed by atoms with van der Waals surface area (Å²) >= 11 is 5.99. The van der Waals surface area contributed by atoms with Gasteiger partial charge in [0.05, 0.1) is 0 Å². The molecule has 0 saturated carbocycles. The molecule has 1 fully saturated rings. The maximum atomic E-state index is 5.99. The molecule has 21 heavy (non-hydrogen) atoms. The van der Waals surface area contributed by atoms with Gasteiger partial charge in [-0.1, -0.05) is 44.5 Å². The van der Waals surface area contributed by atoms with Crippen LogP contribution < -0.4 is 5.32 Å². The minimum absolute atomic E-state index is 0.428. The van der Waals surface area contributed by atoms with Gasteiger partial charge in [-0.15, -0.1) is 0 Å². The van der Waals surface area contributed by atoms with Crippen LogP contribution >= 0.6 is 11.6 Å². The second kappa shape index (κ2) is 7.62. The fraction of sp³-hybridized carbons (Fsp3) is 0.667. The number of nitrogens with one attached hydrogen (secondary N) is 1. The first-order valence-electron chi connectivity index (χ1n) is 8.21. The molecule has 0 aromatic heterocycles. The van der Waals surface area contributed by atoms with E-state index in [-0.39, 0.29) is 0 Å². The molecule has 1 aromatic carbocycles. The normalized spacial score (nSPS) is 20.4. The zero-order valence-corrected chi connectivity index (χ0v) is 14.4. The van der Waals surface area contributed by atoms with Gasteiger partial charge >= 0.3 is 0 Å². The van der Waals surface area contributed by atoms with E-state index in [1.807, 2.05) is 12.1 Å². The van der Waals surface area contributed by atoms with Crippen molar-refractivity contribution in [3.8, 4) is 0 Å². The van der Waals surface area contributed by atoms with E-state index in [9.17, 15) is 0 Å². The molecule has 1 unspecified atom stereocenters. The molecule has 1 aliphatic heterocycles. The molecule has 0 radical (unpaired) electrons. The van der Waals surface area contributed by atoms with Crippen LogP contribution in [0.1, 0.15) is 51.6 Å². The van der Waals surface area contributed by atoms with Crippen LogP contribution in [0.4, 0.5) is 0 Å². The monoisotopic (exact) mass is 308 g/mol. The molecule has 0 aliphatic carbocycles. The Balaban J connectivity index is 1.92. The summed E-state index contributed by atoms with van der Waals surface area (Å²) in [7, 11) is 0. The second-order valence-corrected chi connectivity index (χ2v) is 7.43. The Bertz CT molecular complexity index is 427. The van der Waals surface area contributed by atoms with Gasteiger partial charge in [0, 0.05) is 17.6 Å². The molecule has 118 valence electrons. The summed E-state index contributed by atoms with van der Waals surface area (Å²) in [5.74, 6) is 0. The van der Waals surface area contributed by atoms with E-state index >= 15 is 0 Å². The maximum Gasteiger partial charge on any atom is 0.0406 e. The van der Waals surface area contributed by atoms with Gasteiger partial charge < -0.3 is 10.2 Å². The third kappa shape index (κ3) is 5.28. The number of piperidine rings is 1. The van der Waals surface area contributed by atoms with Crippen LogP contribution in [0.25, 0.3) is 0 Å². The standard InChI is InChI=1S/C18H29ClN2/c1-4-20-17(15-6-8-16(19)9-7-15)10-13-21-12-5-11-18(2,3)14-21/h6-9,17,20H,4-5,10-14H2,1-3H3. The first kappa shape index (κ1) is 16.8. The number of hydrogen-bond acceptors (Lipinski definition) is 2. The SMILES string of the molecule is CCNC(CCN1CCCC(C)(C)C1)c1ccc(Cl)cc1. The number of halogens is 1. The third-order valence-electron chi connectivity index (χ3n) is 4.44. The number of likely N-dealkylation sites (tertiary alicyclic amines) is 1. The molecule has 1 aromatic rings. The lowest BCUT2D eigenvalue weighted by Crippen LogP contribution is -2.41. The summed E-state index contributed by atoms with van der Waals surface area (Å²) in [6.07, 6.45) is 3.85. The van der Waals surface area contributed by atoms with Gasteiger partial charge in [-0.2, -0.15) is 0 Å². The van der Waals surface area contributed by atoms with Crippen molar-refractivity contribution in [1.82, 2.24) is 10.2 Å². The molecular formula is C18H29ClN2. The summed E-state index contributed by atoms with van der Waals surface area (Å²) < 4.78 is 0. The molecule has 1 saturated heterocycles. The molecule has 2 rings (SSSR count). The smallest absolute Gasteiger partial charge is 0.0406 e. The van der Waals surface area contributed by atoms with Gasteiger partial charge in [-0.3, -0.25) is 0 Å². The molecule has 2 nitrogen and oxygen atoms in total. The first-order chi connectivity index (χ1) is 10.00. The molecule has 3 heteroatoms. The van der Waals surface area contributed by atoms with E-state index in [1.54, 1.807) is 0 Å². The predicted molar refractivity (Wildman–Crippen MR) is 91.9 cm³/mol. The number of rotatable bonds is 6. The van der Waals surface area contributed by atoms with E-state index in [0.717, 1.165) is 18.0 Å². The average Bonchev–Trinajstić information content (AvgIpc) is 2.43. The van der Waals surface area contributed by atoms with Crippen LogP contribution in [0.3, 0.4) is 0 Å². The highest BCUT2D eigenvalue weighted by Crippen LogP contribution is 2.29. The fourth-order valence-electron chi connectivity index (χ4n) is 3.38. The lowest BCUT2D eigenvalue weighted by atomic mass is 9.84. The van der Waals surface area contributed by atoms with Gasteiger partial charge in [-0.25, -0.2) is 0 Å². The van der Waals surface area contributed by atoms with Crippen molar-refractivity contribution in [2.75, 3.05) is 26.2 Å². The average molecular weight is 309 g/mol. The van der Waals surface area contributed by atoms with E-state index in [0.29, 0.717) is 11.5 Å². The van der Waals surface area contributed by atoms with Crippen LogP contribution in [0.5, 0.6) is 0 Å². The number of hydrogen-bond donors (Lipinski definition) is 1. The quantitative estimate of drug-likeness (QED) is 0.832. The van der Waals surface area contributed by atoms with E-state index in [2.05, 4.69) is 43.1 Å². The highest BCUT2D eigenvalue weighted by atomic mass is 35.5. The Labute approximate surface area is 134 Å². The third-order valence-corrected chi connectivity index (χ3v) is 4.69. The summed E-state index contributed by atoms with van der Waals surface area (Å²) in [6, 6.07) is 8.71. The second-order valence-electron chi connectivity index (χ2n) is 6.99. The lowest BCUT2D eigenvalue weighted by Gasteiger charge is -2.38. The molecule has 1 atom stereocenters. The fourth-order valence-corrected chi connectivity index (χ4v) is 3.50. The highest BCUT2D eigenvalue weighted by molar-refractivity contribution is 6.30. The molecular weight excluding hydrogens is 280 g/mol. The van der Waals surface area contributed by atoms with Crippen molar-refractivity contribution < 1.29 is 0 Å². The lowest BCUT2D eigenvalue weighted by molar-refractivity contribution is 0.113. The zero-order valence-electron chi connectivity index (χ0n) is 13.7. The van der Waals surface area contributed by atoms with Crippen molar-refractivity contribution in [1.29, 1.82) is 0 Å². The molecule has 0 spiro atoms. The summed E-state index contributed by atoms with van der Waals surface area (Å²) in [5.41, 5.74) is 1.82. The Kier molecular flexibility index (Phi) is 6.09. The van der Waals surface area contributed by atoms with Crippen LogP contribution in [0, 0.1) is 5.41 Å². The molecule has 0 bridgehead atoms. The first-order valence-corrected chi connectivity index (χ1v) is 8.59. The van der Waals surface area contributed by atoms with Gasteiger partial charge in [0.25, 0.3) is 0 Å². The maximum absolute atomic E-state index is 5.99. The summed E-state index contributed by atoms with van der Waals surface area (Å²) in [6.45, 7) is 11.6.